The van der Waals surface area contributed by atoms with E-state index in [1.54, 1.807) is 0 Å². The first-order valence-electron chi connectivity index (χ1n) is 8.91. The highest BCUT2D eigenvalue weighted by atomic mass is 35.5. The molecule has 4 heteroatoms. The quantitative estimate of drug-likeness (QED) is 0.863. The smallest absolute Gasteiger partial charge is 0.225 e. The average molecular weight is 357 g/mol. The number of benzene rings is 2. The summed E-state index contributed by atoms with van der Waals surface area (Å²) < 4.78 is 0. The van der Waals surface area contributed by atoms with Crippen LogP contribution in [0.2, 0.25) is 5.02 Å². The lowest BCUT2D eigenvalue weighted by atomic mass is 9.98. The van der Waals surface area contributed by atoms with Crippen LogP contribution in [0.3, 0.4) is 0 Å². The molecule has 1 saturated heterocycles. The Morgan fingerprint density at radius 2 is 1.92 bits per heavy atom. The monoisotopic (exact) mass is 356 g/mol. The van der Waals surface area contributed by atoms with Gasteiger partial charge in [0.25, 0.3) is 0 Å². The Bertz CT molecular complexity index is 721. The van der Waals surface area contributed by atoms with E-state index in [1.165, 1.54) is 5.56 Å². The van der Waals surface area contributed by atoms with Crippen molar-refractivity contribution in [2.24, 2.45) is 5.92 Å². The molecular weight excluding hydrogens is 332 g/mol. The molecule has 0 radical (unpaired) electrons. The van der Waals surface area contributed by atoms with E-state index in [2.05, 4.69) is 22.3 Å². The number of nitrogens with zero attached hydrogens (tertiary/aromatic N) is 1. The molecule has 0 aromatic heterocycles. The van der Waals surface area contributed by atoms with Crippen molar-refractivity contribution in [1.29, 1.82) is 0 Å². The zero-order chi connectivity index (χ0) is 17.8. The van der Waals surface area contributed by atoms with Crippen molar-refractivity contribution in [2.45, 2.75) is 32.9 Å². The van der Waals surface area contributed by atoms with Crippen molar-refractivity contribution in [1.82, 2.24) is 10.2 Å². The van der Waals surface area contributed by atoms with Gasteiger partial charge in [-0.05, 0) is 41.8 Å². The second-order valence-corrected chi connectivity index (χ2v) is 7.37. The zero-order valence-electron chi connectivity index (χ0n) is 14.8. The van der Waals surface area contributed by atoms with E-state index in [9.17, 15) is 4.79 Å². The summed E-state index contributed by atoms with van der Waals surface area (Å²) in [6.07, 6.45) is 1.02. The van der Waals surface area contributed by atoms with Gasteiger partial charge in [-0.2, -0.15) is 0 Å². The summed E-state index contributed by atoms with van der Waals surface area (Å²) in [5, 5.41) is 4.11. The fraction of sp³-hybridized carbons (Fsp3) is 0.381. The van der Waals surface area contributed by atoms with Gasteiger partial charge in [-0.25, -0.2) is 0 Å². The molecule has 3 nitrogen and oxygen atoms in total. The van der Waals surface area contributed by atoms with Crippen LogP contribution in [0, 0.1) is 5.92 Å². The molecule has 0 bridgehead atoms. The molecule has 0 unspecified atom stereocenters. The van der Waals surface area contributed by atoms with Crippen molar-refractivity contribution in [2.75, 3.05) is 13.1 Å². The third-order valence-electron chi connectivity index (χ3n) is 4.77. The highest BCUT2D eigenvalue weighted by Crippen LogP contribution is 2.27. The number of rotatable bonds is 5. The van der Waals surface area contributed by atoms with Crippen LogP contribution in [0.25, 0.3) is 11.1 Å². The lowest BCUT2D eigenvalue weighted by Crippen LogP contribution is -2.43. The summed E-state index contributed by atoms with van der Waals surface area (Å²) in [5.41, 5.74) is 3.46. The molecule has 1 fully saturated rings. The summed E-state index contributed by atoms with van der Waals surface area (Å²) in [7, 11) is 0. The topological polar surface area (TPSA) is 32.3 Å². The van der Waals surface area contributed by atoms with Gasteiger partial charge in [0.2, 0.25) is 5.91 Å². The van der Waals surface area contributed by atoms with E-state index in [1.807, 2.05) is 50.2 Å². The highest BCUT2D eigenvalue weighted by Gasteiger charge is 2.28. The Labute approximate surface area is 155 Å². The molecule has 3 rings (SSSR count). The fourth-order valence-electron chi connectivity index (χ4n) is 3.38. The Balaban J connectivity index is 1.92. The Morgan fingerprint density at radius 3 is 2.56 bits per heavy atom. The lowest BCUT2D eigenvalue weighted by molar-refractivity contribution is -0.137. The van der Waals surface area contributed by atoms with E-state index in [0.717, 1.165) is 35.7 Å². The number of hydrogen-bond acceptors (Lipinski definition) is 2. The summed E-state index contributed by atoms with van der Waals surface area (Å²) in [6.45, 7) is 6.45. The van der Waals surface area contributed by atoms with Crippen molar-refractivity contribution in [3.8, 4) is 11.1 Å². The molecule has 132 valence electrons. The van der Waals surface area contributed by atoms with E-state index in [0.29, 0.717) is 6.54 Å². The molecule has 0 saturated carbocycles. The van der Waals surface area contributed by atoms with Gasteiger partial charge in [0.1, 0.15) is 0 Å². The first-order chi connectivity index (χ1) is 12.1. The summed E-state index contributed by atoms with van der Waals surface area (Å²) in [4.78, 5) is 14.9. The average Bonchev–Trinajstić information content (AvgIpc) is 3.14. The van der Waals surface area contributed by atoms with Gasteiger partial charge in [-0.15, -0.1) is 0 Å². The van der Waals surface area contributed by atoms with Gasteiger partial charge in [0.15, 0.2) is 0 Å². The number of hydrogen-bond donors (Lipinski definition) is 1. The molecule has 1 aliphatic heterocycles. The number of halogens is 1. The number of amides is 1. The third kappa shape index (κ3) is 4.23. The second kappa shape index (κ2) is 8.03. The molecule has 1 amide bonds. The van der Waals surface area contributed by atoms with Crippen molar-refractivity contribution in [3.63, 3.8) is 0 Å². The van der Waals surface area contributed by atoms with E-state index in [-0.39, 0.29) is 17.9 Å². The van der Waals surface area contributed by atoms with Gasteiger partial charge in [-0.1, -0.05) is 61.8 Å². The van der Waals surface area contributed by atoms with Crippen LogP contribution in [0.1, 0.15) is 25.8 Å². The second-order valence-electron chi connectivity index (χ2n) is 6.93. The minimum absolute atomic E-state index is 0.00305. The molecular formula is C21H25ClN2O. The summed E-state index contributed by atoms with van der Waals surface area (Å²) in [5.74, 6) is 0.225. The molecule has 2 aromatic rings. The van der Waals surface area contributed by atoms with Crippen molar-refractivity contribution < 1.29 is 4.79 Å². The molecule has 1 heterocycles. The van der Waals surface area contributed by atoms with Crippen LogP contribution in [0.5, 0.6) is 0 Å². The fourth-order valence-corrected chi connectivity index (χ4v) is 3.50. The first kappa shape index (κ1) is 18.0. The van der Waals surface area contributed by atoms with Gasteiger partial charge < -0.3 is 10.2 Å². The maximum absolute atomic E-state index is 12.8. The van der Waals surface area contributed by atoms with Gasteiger partial charge in [0, 0.05) is 30.1 Å². The Morgan fingerprint density at radius 1 is 1.20 bits per heavy atom. The molecule has 1 aliphatic rings. The zero-order valence-corrected chi connectivity index (χ0v) is 15.6. The Kier molecular flexibility index (Phi) is 5.77. The number of carbonyl (C=O) groups is 1. The predicted octanol–water partition coefficient (Wildman–Crippen LogP) is 4.35. The van der Waals surface area contributed by atoms with Crippen LogP contribution in [-0.2, 0) is 11.3 Å². The van der Waals surface area contributed by atoms with Gasteiger partial charge in [0.05, 0.1) is 0 Å². The van der Waals surface area contributed by atoms with Crippen molar-refractivity contribution in [3.05, 3.63) is 59.1 Å². The van der Waals surface area contributed by atoms with Crippen LogP contribution in [0.15, 0.2) is 48.5 Å². The number of nitrogens with one attached hydrogen (secondary N) is 1. The maximum Gasteiger partial charge on any atom is 0.225 e. The van der Waals surface area contributed by atoms with E-state index >= 15 is 0 Å². The summed E-state index contributed by atoms with van der Waals surface area (Å²) in [6, 6.07) is 16.5. The van der Waals surface area contributed by atoms with E-state index < -0.39 is 0 Å². The molecule has 25 heavy (non-hydrogen) atoms. The van der Waals surface area contributed by atoms with Crippen LogP contribution in [-0.4, -0.2) is 29.9 Å². The first-order valence-corrected chi connectivity index (χ1v) is 9.29. The van der Waals surface area contributed by atoms with Gasteiger partial charge in [-0.3, -0.25) is 4.79 Å². The SMILES string of the molecule is CC(C)C(=O)N(Cc1ccccc1-c1ccc(Cl)cc1)[C@H]1CCNC1. The molecule has 2 aromatic carbocycles. The minimum atomic E-state index is 0.00305. The van der Waals surface area contributed by atoms with Crippen LogP contribution in [0.4, 0.5) is 0 Å². The number of carbonyl (C=O) groups excluding carboxylic acids is 1. The normalized spacial score (nSPS) is 17.0. The third-order valence-corrected chi connectivity index (χ3v) is 5.02. The van der Waals surface area contributed by atoms with Crippen LogP contribution >= 0.6 is 11.6 Å². The molecule has 0 aliphatic carbocycles. The highest BCUT2D eigenvalue weighted by molar-refractivity contribution is 6.30. The molecule has 1 atom stereocenters. The molecule has 1 N–H and O–H groups in total. The predicted molar refractivity (Wildman–Crippen MR) is 104 cm³/mol. The standard InChI is InChI=1S/C21H25ClN2O/c1-15(2)21(25)24(19-11-12-23-13-19)14-17-5-3-4-6-20(17)16-7-9-18(22)10-8-16/h3-10,15,19,23H,11-14H2,1-2H3/t19-/m0/s1. The lowest BCUT2D eigenvalue weighted by Gasteiger charge is -2.31. The molecule has 0 spiro atoms. The van der Waals surface area contributed by atoms with Gasteiger partial charge >= 0.3 is 0 Å². The Hall–Kier alpha value is -1.84. The van der Waals surface area contributed by atoms with E-state index in [4.69, 9.17) is 11.6 Å². The largest absolute Gasteiger partial charge is 0.334 e. The minimum Gasteiger partial charge on any atom is -0.334 e. The summed E-state index contributed by atoms with van der Waals surface area (Å²) >= 11 is 6.03. The maximum atomic E-state index is 12.8. The van der Waals surface area contributed by atoms with Crippen LogP contribution < -0.4 is 5.32 Å². The van der Waals surface area contributed by atoms with Crippen molar-refractivity contribution >= 4 is 17.5 Å².